The number of nitrogens with zero attached hydrogens (tertiary/aromatic N) is 4. The van der Waals surface area contributed by atoms with Gasteiger partial charge in [-0.15, -0.1) is 0 Å². The Morgan fingerprint density at radius 2 is 1.85 bits per heavy atom. The Balaban J connectivity index is 1.72. The molecule has 0 unspecified atom stereocenters. The SMILES string of the molecule is CN1CCN(CC(=O)c2cnc3ccccc3n2)CC1. The van der Waals surface area contributed by atoms with Crippen molar-refractivity contribution in [2.75, 3.05) is 39.8 Å². The highest BCUT2D eigenvalue weighted by Crippen LogP contribution is 2.09. The molecule has 5 nitrogen and oxygen atoms in total. The zero-order chi connectivity index (χ0) is 13.9. The van der Waals surface area contributed by atoms with E-state index in [1.807, 2.05) is 24.3 Å². The average molecular weight is 270 g/mol. The van der Waals surface area contributed by atoms with Crippen LogP contribution in [-0.4, -0.2) is 65.3 Å². The maximum atomic E-state index is 12.3. The number of carbonyl (C=O) groups is 1. The number of aromatic nitrogens is 2. The van der Waals surface area contributed by atoms with E-state index in [0.29, 0.717) is 12.2 Å². The molecule has 5 heteroatoms. The quantitative estimate of drug-likeness (QED) is 0.781. The molecule has 0 N–H and O–H groups in total. The molecule has 104 valence electrons. The van der Waals surface area contributed by atoms with Crippen LogP contribution in [-0.2, 0) is 0 Å². The summed E-state index contributed by atoms with van der Waals surface area (Å²) in [6.45, 7) is 4.32. The molecule has 1 saturated heterocycles. The Morgan fingerprint density at radius 3 is 2.60 bits per heavy atom. The average Bonchev–Trinajstić information content (AvgIpc) is 2.49. The maximum Gasteiger partial charge on any atom is 0.196 e. The van der Waals surface area contributed by atoms with Gasteiger partial charge in [0.05, 0.1) is 23.8 Å². The van der Waals surface area contributed by atoms with Crippen molar-refractivity contribution in [1.82, 2.24) is 19.8 Å². The smallest absolute Gasteiger partial charge is 0.196 e. The van der Waals surface area contributed by atoms with Gasteiger partial charge in [-0.1, -0.05) is 12.1 Å². The molecule has 1 aromatic carbocycles. The molecule has 1 aliphatic heterocycles. The summed E-state index contributed by atoms with van der Waals surface area (Å²) >= 11 is 0. The third kappa shape index (κ3) is 2.84. The molecule has 0 radical (unpaired) electrons. The fraction of sp³-hybridized carbons (Fsp3) is 0.400. The van der Waals surface area contributed by atoms with Crippen LogP contribution in [0.1, 0.15) is 10.5 Å². The topological polar surface area (TPSA) is 49.3 Å². The first kappa shape index (κ1) is 13.1. The fourth-order valence-corrected chi connectivity index (χ4v) is 2.38. The summed E-state index contributed by atoms with van der Waals surface area (Å²) in [5, 5.41) is 0. The standard InChI is InChI=1S/C15H18N4O/c1-18-6-8-19(9-7-18)11-15(20)14-10-16-12-4-2-3-5-13(12)17-14/h2-5,10H,6-9,11H2,1H3. The number of hydrogen-bond donors (Lipinski definition) is 0. The summed E-state index contributed by atoms with van der Waals surface area (Å²) in [6, 6.07) is 7.61. The molecule has 1 fully saturated rings. The van der Waals surface area contributed by atoms with Crippen LogP contribution in [0, 0.1) is 0 Å². The van der Waals surface area contributed by atoms with Crippen molar-refractivity contribution in [1.29, 1.82) is 0 Å². The zero-order valence-electron chi connectivity index (χ0n) is 11.6. The molecule has 3 rings (SSSR count). The lowest BCUT2D eigenvalue weighted by molar-refractivity contribution is 0.0871. The summed E-state index contributed by atoms with van der Waals surface area (Å²) in [5.74, 6) is 0.0489. The predicted molar refractivity (Wildman–Crippen MR) is 77.8 cm³/mol. The van der Waals surface area contributed by atoms with E-state index in [0.717, 1.165) is 37.2 Å². The van der Waals surface area contributed by atoms with E-state index < -0.39 is 0 Å². The highest BCUT2D eigenvalue weighted by molar-refractivity contribution is 5.96. The molecular formula is C15H18N4O. The van der Waals surface area contributed by atoms with Crippen LogP contribution in [0.4, 0.5) is 0 Å². The second-order valence-electron chi connectivity index (χ2n) is 5.25. The number of rotatable bonds is 3. The minimum atomic E-state index is 0.0489. The Morgan fingerprint density at radius 1 is 1.15 bits per heavy atom. The number of hydrogen-bond acceptors (Lipinski definition) is 5. The molecule has 0 saturated carbocycles. The first-order chi connectivity index (χ1) is 9.72. The van der Waals surface area contributed by atoms with Gasteiger partial charge in [0.25, 0.3) is 0 Å². The van der Waals surface area contributed by atoms with Crippen LogP contribution in [0.3, 0.4) is 0 Å². The molecule has 2 heterocycles. The van der Waals surface area contributed by atoms with E-state index in [-0.39, 0.29) is 5.78 Å². The van der Waals surface area contributed by atoms with Crippen molar-refractivity contribution >= 4 is 16.8 Å². The van der Waals surface area contributed by atoms with Gasteiger partial charge in [-0.3, -0.25) is 14.7 Å². The minimum Gasteiger partial charge on any atom is -0.304 e. The van der Waals surface area contributed by atoms with E-state index in [1.54, 1.807) is 6.20 Å². The molecule has 0 atom stereocenters. The van der Waals surface area contributed by atoms with Crippen molar-refractivity contribution in [2.24, 2.45) is 0 Å². The van der Waals surface area contributed by atoms with Crippen LogP contribution in [0.2, 0.25) is 0 Å². The van der Waals surface area contributed by atoms with Crippen molar-refractivity contribution < 1.29 is 4.79 Å². The number of carbonyl (C=O) groups excluding carboxylic acids is 1. The lowest BCUT2D eigenvalue weighted by atomic mass is 10.2. The Kier molecular flexibility index (Phi) is 3.71. The molecular weight excluding hydrogens is 252 g/mol. The van der Waals surface area contributed by atoms with Gasteiger partial charge >= 0.3 is 0 Å². The first-order valence-electron chi connectivity index (χ1n) is 6.88. The molecule has 1 aromatic heterocycles. The number of benzene rings is 1. The molecule has 0 spiro atoms. The maximum absolute atomic E-state index is 12.3. The number of para-hydroxylation sites is 2. The number of piperazine rings is 1. The highest BCUT2D eigenvalue weighted by Gasteiger charge is 2.18. The van der Waals surface area contributed by atoms with Gasteiger partial charge in [0.15, 0.2) is 5.78 Å². The van der Waals surface area contributed by atoms with Gasteiger partial charge in [0.2, 0.25) is 0 Å². The summed E-state index contributed by atoms with van der Waals surface area (Å²) in [5.41, 5.74) is 2.06. The molecule has 20 heavy (non-hydrogen) atoms. The summed E-state index contributed by atoms with van der Waals surface area (Å²) in [4.78, 5) is 25.4. The minimum absolute atomic E-state index is 0.0489. The van der Waals surface area contributed by atoms with Gasteiger partial charge in [-0.05, 0) is 19.2 Å². The first-order valence-corrected chi connectivity index (χ1v) is 6.88. The predicted octanol–water partition coefficient (Wildman–Crippen LogP) is 1.06. The van der Waals surface area contributed by atoms with Crippen molar-refractivity contribution in [3.63, 3.8) is 0 Å². The van der Waals surface area contributed by atoms with Gasteiger partial charge in [0.1, 0.15) is 5.69 Å². The molecule has 2 aromatic rings. The summed E-state index contributed by atoms with van der Waals surface area (Å²) in [7, 11) is 2.11. The summed E-state index contributed by atoms with van der Waals surface area (Å²) < 4.78 is 0. The molecule has 1 aliphatic rings. The van der Waals surface area contributed by atoms with Gasteiger partial charge in [-0.2, -0.15) is 0 Å². The van der Waals surface area contributed by atoms with E-state index >= 15 is 0 Å². The Bertz CT molecular complexity index is 620. The van der Waals surface area contributed by atoms with E-state index in [4.69, 9.17) is 0 Å². The Hall–Kier alpha value is -1.85. The number of likely N-dealkylation sites (N-methyl/N-ethyl adjacent to an activating group) is 1. The third-order valence-electron chi connectivity index (χ3n) is 3.70. The van der Waals surface area contributed by atoms with Crippen LogP contribution in [0.15, 0.2) is 30.5 Å². The van der Waals surface area contributed by atoms with Crippen LogP contribution in [0.5, 0.6) is 0 Å². The fourth-order valence-electron chi connectivity index (χ4n) is 2.38. The second-order valence-corrected chi connectivity index (χ2v) is 5.25. The molecule has 0 bridgehead atoms. The van der Waals surface area contributed by atoms with Crippen molar-refractivity contribution in [3.05, 3.63) is 36.2 Å². The van der Waals surface area contributed by atoms with Crippen molar-refractivity contribution in [2.45, 2.75) is 0 Å². The normalized spacial score (nSPS) is 17.4. The number of Topliss-reactive ketones (excluding diaryl/α,β-unsaturated/α-hetero) is 1. The Labute approximate surface area is 118 Å². The van der Waals surface area contributed by atoms with Crippen molar-refractivity contribution in [3.8, 4) is 0 Å². The monoisotopic (exact) mass is 270 g/mol. The molecule has 0 aliphatic carbocycles. The lowest BCUT2D eigenvalue weighted by Crippen LogP contribution is -2.46. The number of ketones is 1. The largest absolute Gasteiger partial charge is 0.304 e. The summed E-state index contributed by atoms with van der Waals surface area (Å²) in [6.07, 6.45) is 1.58. The van der Waals surface area contributed by atoms with Crippen LogP contribution in [0.25, 0.3) is 11.0 Å². The van der Waals surface area contributed by atoms with Crippen LogP contribution < -0.4 is 0 Å². The highest BCUT2D eigenvalue weighted by atomic mass is 16.1. The van der Waals surface area contributed by atoms with Crippen LogP contribution >= 0.6 is 0 Å². The van der Waals surface area contributed by atoms with E-state index in [1.165, 1.54) is 0 Å². The molecule has 0 amide bonds. The third-order valence-corrected chi connectivity index (χ3v) is 3.70. The second kappa shape index (κ2) is 5.64. The number of fused-ring (bicyclic) bond motifs is 1. The van der Waals surface area contributed by atoms with E-state index in [9.17, 15) is 4.79 Å². The van der Waals surface area contributed by atoms with Gasteiger partial charge < -0.3 is 4.90 Å². The zero-order valence-corrected chi connectivity index (χ0v) is 11.6. The van der Waals surface area contributed by atoms with Gasteiger partial charge in [-0.25, -0.2) is 4.98 Å². The van der Waals surface area contributed by atoms with Gasteiger partial charge in [0, 0.05) is 26.2 Å². The van der Waals surface area contributed by atoms with E-state index in [2.05, 4.69) is 26.8 Å². The lowest BCUT2D eigenvalue weighted by Gasteiger charge is -2.31.